The Morgan fingerprint density at radius 1 is 1.13 bits per heavy atom. The van der Waals surface area contributed by atoms with Crippen molar-refractivity contribution >= 4 is 15.9 Å². The highest BCUT2D eigenvalue weighted by atomic mass is 32.2. The first-order valence-corrected chi connectivity index (χ1v) is 11.6. The van der Waals surface area contributed by atoms with Gasteiger partial charge in [-0.05, 0) is 61.7 Å². The second-order valence-corrected chi connectivity index (χ2v) is 9.21. The number of piperidine rings is 1. The Morgan fingerprint density at radius 3 is 2.42 bits per heavy atom. The third kappa shape index (κ3) is 5.54. The minimum absolute atomic E-state index is 0.0569. The maximum Gasteiger partial charge on any atom is 0.243 e. The summed E-state index contributed by atoms with van der Waals surface area (Å²) >= 11 is 0. The van der Waals surface area contributed by atoms with Crippen LogP contribution in [-0.4, -0.2) is 45.4 Å². The number of amides is 1. The van der Waals surface area contributed by atoms with Gasteiger partial charge in [0.1, 0.15) is 5.82 Å². The summed E-state index contributed by atoms with van der Waals surface area (Å²) in [7, 11) is -2.12. The summed E-state index contributed by atoms with van der Waals surface area (Å²) in [5.41, 5.74) is 0.883. The van der Waals surface area contributed by atoms with E-state index >= 15 is 0 Å². The Morgan fingerprint density at radius 2 is 1.81 bits per heavy atom. The van der Waals surface area contributed by atoms with Gasteiger partial charge in [0.05, 0.1) is 18.6 Å². The van der Waals surface area contributed by atoms with Crippen molar-refractivity contribution in [1.82, 2.24) is 9.62 Å². The molecule has 1 aliphatic rings. The molecule has 0 aromatic heterocycles. The monoisotopic (exact) mass is 450 g/mol. The zero-order valence-corrected chi connectivity index (χ0v) is 18.5. The number of hydrogen-bond donors (Lipinski definition) is 1. The number of nitrogens with one attached hydrogen (secondary N) is 1. The summed E-state index contributed by atoms with van der Waals surface area (Å²) < 4.78 is 50.7. The van der Waals surface area contributed by atoms with Crippen molar-refractivity contribution in [1.29, 1.82) is 0 Å². The Balaban J connectivity index is 1.55. The summed E-state index contributed by atoms with van der Waals surface area (Å²) in [6.45, 7) is 3.22. The third-order valence-electron chi connectivity index (χ3n) is 5.27. The number of ether oxygens (including phenoxy) is 2. The lowest BCUT2D eigenvalue weighted by Crippen LogP contribution is -2.42. The number of sulfonamides is 1. The van der Waals surface area contributed by atoms with E-state index in [9.17, 15) is 17.6 Å². The van der Waals surface area contributed by atoms with Crippen molar-refractivity contribution in [3.63, 3.8) is 0 Å². The van der Waals surface area contributed by atoms with Crippen LogP contribution in [-0.2, 0) is 21.4 Å². The number of halogens is 1. The molecule has 0 aliphatic carbocycles. The van der Waals surface area contributed by atoms with Crippen LogP contribution >= 0.6 is 0 Å². The highest BCUT2D eigenvalue weighted by Gasteiger charge is 2.32. The first-order valence-electron chi connectivity index (χ1n) is 10.2. The molecule has 0 unspecified atom stereocenters. The topological polar surface area (TPSA) is 84.9 Å². The minimum Gasteiger partial charge on any atom is -0.493 e. The normalized spacial score (nSPS) is 15.5. The molecule has 1 aliphatic heterocycles. The Labute approximate surface area is 182 Å². The van der Waals surface area contributed by atoms with Gasteiger partial charge in [-0.25, -0.2) is 12.8 Å². The number of carbonyl (C=O) groups is 1. The predicted molar refractivity (Wildman–Crippen MR) is 114 cm³/mol. The molecule has 1 N–H and O–H groups in total. The first kappa shape index (κ1) is 23.0. The van der Waals surface area contributed by atoms with E-state index in [0.717, 1.165) is 17.7 Å². The number of nitrogens with zero attached hydrogens (tertiary/aromatic N) is 1. The summed E-state index contributed by atoms with van der Waals surface area (Å²) in [5, 5.41) is 2.92. The highest BCUT2D eigenvalue weighted by Crippen LogP contribution is 2.28. The van der Waals surface area contributed by atoms with Crippen LogP contribution in [0.25, 0.3) is 0 Å². The number of rotatable bonds is 8. The smallest absolute Gasteiger partial charge is 0.243 e. The highest BCUT2D eigenvalue weighted by molar-refractivity contribution is 7.89. The largest absolute Gasteiger partial charge is 0.493 e. The van der Waals surface area contributed by atoms with E-state index in [1.54, 1.807) is 13.2 Å². The fourth-order valence-electron chi connectivity index (χ4n) is 3.55. The third-order valence-corrected chi connectivity index (χ3v) is 7.18. The maximum atomic E-state index is 13.1. The Kier molecular flexibility index (Phi) is 7.50. The van der Waals surface area contributed by atoms with E-state index < -0.39 is 15.8 Å². The molecule has 7 nitrogen and oxygen atoms in total. The fraction of sp³-hybridized carbons (Fsp3) is 0.409. The lowest BCUT2D eigenvalue weighted by molar-refractivity contribution is -0.126. The minimum atomic E-state index is -3.69. The van der Waals surface area contributed by atoms with Crippen molar-refractivity contribution in [2.24, 2.45) is 5.92 Å². The molecule has 9 heteroatoms. The van der Waals surface area contributed by atoms with Crippen LogP contribution < -0.4 is 14.8 Å². The number of hydrogen-bond acceptors (Lipinski definition) is 5. The van der Waals surface area contributed by atoms with Crippen LogP contribution in [0.3, 0.4) is 0 Å². The summed E-state index contributed by atoms with van der Waals surface area (Å²) in [4.78, 5) is 12.6. The van der Waals surface area contributed by atoms with Crippen LogP contribution in [0.5, 0.6) is 11.5 Å². The molecule has 1 heterocycles. The van der Waals surface area contributed by atoms with E-state index in [0.29, 0.717) is 37.5 Å². The van der Waals surface area contributed by atoms with Crippen molar-refractivity contribution < 1.29 is 27.1 Å². The number of carbonyl (C=O) groups excluding carboxylic acids is 1. The van der Waals surface area contributed by atoms with E-state index in [4.69, 9.17) is 9.47 Å². The molecule has 0 saturated carbocycles. The molecular formula is C22H27FN2O5S. The van der Waals surface area contributed by atoms with E-state index in [1.807, 2.05) is 19.1 Å². The summed E-state index contributed by atoms with van der Waals surface area (Å²) in [6.07, 6.45) is 0.859. The standard InChI is InChI=1S/C22H27FN2O5S/c1-3-30-21-14-16(4-9-20(21)29-2)15-24-22(26)17-10-12-25(13-11-17)31(27,28)19-7-5-18(23)6-8-19/h4-9,14,17H,3,10-13,15H2,1-2H3,(H,24,26). The van der Waals surface area contributed by atoms with Gasteiger partial charge >= 0.3 is 0 Å². The zero-order chi connectivity index (χ0) is 22.4. The average Bonchev–Trinajstić information content (AvgIpc) is 2.78. The molecule has 3 rings (SSSR count). The molecule has 0 bridgehead atoms. The van der Waals surface area contributed by atoms with Crippen LogP contribution in [0, 0.1) is 11.7 Å². The molecule has 1 amide bonds. The quantitative estimate of drug-likeness (QED) is 0.669. The SMILES string of the molecule is CCOc1cc(CNC(=O)C2CCN(S(=O)(=O)c3ccc(F)cc3)CC2)ccc1OC. The van der Waals surface area contributed by atoms with Gasteiger partial charge in [-0.2, -0.15) is 4.31 Å². The molecule has 2 aromatic rings. The molecule has 1 fully saturated rings. The molecule has 168 valence electrons. The van der Waals surface area contributed by atoms with E-state index in [2.05, 4.69) is 5.32 Å². The molecule has 0 spiro atoms. The zero-order valence-electron chi connectivity index (χ0n) is 17.6. The van der Waals surface area contributed by atoms with Gasteiger partial charge in [0.25, 0.3) is 0 Å². The van der Waals surface area contributed by atoms with Gasteiger partial charge in [0, 0.05) is 25.6 Å². The van der Waals surface area contributed by atoms with Gasteiger partial charge in [0.15, 0.2) is 11.5 Å². The second kappa shape index (κ2) is 10.1. The van der Waals surface area contributed by atoms with Gasteiger partial charge in [-0.15, -0.1) is 0 Å². The predicted octanol–water partition coefficient (Wildman–Crippen LogP) is 2.95. The molecule has 31 heavy (non-hydrogen) atoms. The molecule has 2 aromatic carbocycles. The number of benzene rings is 2. The van der Waals surface area contributed by atoms with Crippen molar-refractivity contribution in [3.05, 3.63) is 53.8 Å². The lowest BCUT2D eigenvalue weighted by atomic mass is 9.97. The molecule has 1 saturated heterocycles. The van der Waals surface area contributed by atoms with Crippen LogP contribution in [0.15, 0.2) is 47.4 Å². The molecule has 0 radical (unpaired) electrons. The van der Waals surface area contributed by atoms with Crippen molar-refractivity contribution in [2.45, 2.75) is 31.2 Å². The Bertz CT molecular complexity index is 1000. The average molecular weight is 451 g/mol. The van der Waals surface area contributed by atoms with Gasteiger partial charge in [-0.3, -0.25) is 4.79 Å². The van der Waals surface area contributed by atoms with E-state index in [1.165, 1.54) is 16.4 Å². The second-order valence-electron chi connectivity index (χ2n) is 7.27. The Hall–Kier alpha value is -2.65. The van der Waals surface area contributed by atoms with Crippen molar-refractivity contribution in [2.75, 3.05) is 26.8 Å². The molecule has 0 atom stereocenters. The van der Waals surface area contributed by atoms with Gasteiger partial charge < -0.3 is 14.8 Å². The summed E-state index contributed by atoms with van der Waals surface area (Å²) in [6, 6.07) is 10.3. The van der Waals surface area contributed by atoms with Crippen LogP contribution in [0.4, 0.5) is 4.39 Å². The van der Waals surface area contributed by atoms with Gasteiger partial charge in [-0.1, -0.05) is 6.07 Å². The first-order chi connectivity index (χ1) is 14.8. The maximum absolute atomic E-state index is 13.1. The van der Waals surface area contributed by atoms with Gasteiger partial charge in [0.2, 0.25) is 15.9 Å². The number of methoxy groups -OCH3 is 1. The summed E-state index contributed by atoms with van der Waals surface area (Å²) in [5.74, 6) is 0.402. The van der Waals surface area contributed by atoms with E-state index in [-0.39, 0.29) is 29.8 Å². The van der Waals surface area contributed by atoms with Crippen LogP contribution in [0.2, 0.25) is 0 Å². The fourth-order valence-corrected chi connectivity index (χ4v) is 5.02. The van der Waals surface area contributed by atoms with Crippen molar-refractivity contribution in [3.8, 4) is 11.5 Å². The van der Waals surface area contributed by atoms with Crippen LogP contribution in [0.1, 0.15) is 25.3 Å². The molecular weight excluding hydrogens is 423 g/mol. The lowest BCUT2D eigenvalue weighted by Gasteiger charge is -2.30.